The fourth-order valence-corrected chi connectivity index (χ4v) is 2.01. The first-order chi connectivity index (χ1) is 7.60. The molecule has 0 aliphatic heterocycles. The van der Waals surface area contributed by atoms with Crippen LogP contribution in [0.25, 0.3) is 0 Å². The van der Waals surface area contributed by atoms with Crippen LogP contribution in [0.5, 0.6) is 0 Å². The smallest absolute Gasteiger partial charge is 0.128 e. The van der Waals surface area contributed by atoms with Gasteiger partial charge in [-0.3, -0.25) is 4.68 Å². The second-order valence-corrected chi connectivity index (χ2v) is 4.30. The number of rotatable bonds is 6. The summed E-state index contributed by atoms with van der Waals surface area (Å²) in [6.07, 6.45) is 1.19. The van der Waals surface area contributed by atoms with Crippen molar-refractivity contribution < 1.29 is 0 Å². The fourth-order valence-electron chi connectivity index (χ4n) is 2.01. The Morgan fingerprint density at radius 3 is 2.62 bits per heavy atom. The highest BCUT2D eigenvalue weighted by Gasteiger charge is 2.13. The summed E-state index contributed by atoms with van der Waals surface area (Å²) in [4.78, 5) is 2.34. The van der Waals surface area contributed by atoms with Crippen LogP contribution in [0.1, 0.15) is 31.5 Å². The summed E-state index contributed by atoms with van der Waals surface area (Å²) >= 11 is 0. The van der Waals surface area contributed by atoms with E-state index in [0.717, 1.165) is 31.1 Å². The van der Waals surface area contributed by atoms with Gasteiger partial charge in [-0.1, -0.05) is 6.92 Å². The first-order valence-corrected chi connectivity index (χ1v) is 6.05. The molecule has 0 saturated carbocycles. The van der Waals surface area contributed by atoms with Crippen molar-refractivity contribution in [2.75, 3.05) is 25.5 Å². The van der Waals surface area contributed by atoms with E-state index in [1.165, 1.54) is 12.0 Å². The van der Waals surface area contributed by atoms with Crippen LogP contribution in [0, 0.1) is 6.92 Å². The topological polar surface area (TPSA) is 33.1 Å². The molecule has 0 spiro atoms. The molecule has 0 aliphatic rings. The normalized spacial score (nSPS) is 11.1. The van der Waals surface area contributed by atoms with Crippen LogP contribution >= 0.6 is 0 Å². The summed E-state index contributed by atoms with van der Waals surface area (Å²) in [5.41, 5.74) is 2.45. The molecule has 0 amide bonds. The Labute approximate surface area is 98.6 Å². The van der Waals surface area contributed by atoms with E-state index >= 15 is 0 Å². The van der Waals surface area contributed by atoms with Crippen LogP contribution in [0.4, 0.5) is 5.82 Å². The average molecular weight is 224 g/mol. The van der Waals surface area contributed by atoms with Crippen molar-refractivity contribution in [3.05, 3.63) is 11.3 Å². The summed E-state index contributed by atoms with van der Waals surface area (Å²) in [5.74, 6) is 1.16. The van der Waals surface area contributed by atoms with Gasteiger partial charge in [-0.15, -0.1) is 0 Å². The average Bonchev–Trinajstić information content (AvgIpc) is 2.46. The van der Waals surface area contributed by atoms with Gasteiger partial charge in [0, 0.05) is 25.7 Å². The second-order valence-electron chi connectivity index (χ2n) is 4.30. The highest BCUT2D eigenvalue weighted by atomic mass is 15.3. The largest absolute Gasteiger partial charge is 0.370 e. The molecule has 0 atom stereocenters. The highest BCUT2D eigenvalue weighted by molar-refractivity contribution is 5.47. The molecule has 0 bridgehead atoms. The van der Waals surface area contributed by atoms with Crippen molar-refractivity contribution >= 4 is 5.82 Å². The van der Waals surface area contributed by atoms with E-state index in [-0.39, 0.29) is 0 Å². The van der Waals surface area contributed by atoms with Crippen molar-refractivity contribution in [2.24, 2.45) is 7.05 Å². The van der Waals surface area contributed by atoms with Crippen LogP contribution in [0.2, 0.25) is 0 Å². The molecule has 0 unspecified atom stereocenters. The molecule has 16 heavy (non-hydrogen) atoms. The number of nitrogens with one attached hydrogen (secondary N) is 1. The number of aromatic nitrogens is 2. The van der Waals surface area contributed by atoms with E-state index in [4.69, 9.17) is 0 Å². The molecule has 1 aromatic heterocycles. The van der Waals surface area contributed by atoms with E-state index in [2.05, 4.69) is 43.1 Å². The molecule has 92 valence electrons. The summed E-state index contributed by atoms with van der Waals surface area (Å²) in [6, 6.07) is 0. The third-order valence-corrected chi connectivity index (χ3v) is 2.72. The van der Waals surface area contributed by atoms with Gasteiger partial charge in [-0.25, -0.2) is 0 Å². The monoisotopic (exact) mass is 224 g/mol. The molecule has 0 saturated heterocycles. The Kier molecular flexibility index (Phi) is 4.80. The molecular weight excluding hydrogens is 200 g/mol. The maximum atomic E-state index is 4.47. The lowest BCUT2D eigenvalue weighted by molar-refractivity contribution is 0.327. The summed E-state index contributed by atoms with van der Waals surface area (Å²) < 4.78 is 1.94. The number of nitrogens with zero attached hydrogens (tertiary/aromatic N) is 3. The SMILES string of the molecule is CCCN(C)Cc1c(C)nn(C)c1NCC. The second kappa shape index (κ2) is 5.89. The molecule has 0 aliphatic carbocycles. The molecule has 0 fully saturated rings. The molecule has 4 heteroatoms. The molecule has 4 nitrogen and oxygen atoms in total. The van der Waals surface area contributed by atoms with Gasteiger partial charge in [0.05, 0.1) is 5.69 Å². The Bertz CT molecular complexity index is 330. The van der Waals surface area contributed by atoms with E-state index < -0.39 is 0 Å². The zero-order chi connectivity index (χ0) is 12.1. The zero-order valence-corrected chi connectivity index (χ0v) is 11.2. The van der Waals surface area contributed by atoms with Gasteiger partial charge in [-0.05, 0) is 33.9 Å². The van der Waals surface area contributed by atoms with E-state index in [1.807, 2.05) is 11.7 Å². The maximum Gasteiger partial charge on any atom is 0.128 e. The van der Waals surface area contributed by atoms with Crippen molar-refractivity contribution in [3.8, 4) is 0 Å². The molecule has 0 radical (unpaired) electrons. The zero-order valence-electron chi connectivity index (χ0n) is 11.2. The van der Waals surface area contributed by atoms with Crippen molar-refractivity contribution in [1.29, 1.82) is 0 Å². The predicted molar refractivity (Wildman–Crippen MR) is 68.7 cm³/mol. The van der Waals surface area contributed by atoms with Gasteiger partial charge in [0.25, 0.3) is 0 Å². The molecule has 1 N–H and O–H groups in total. The minimum atomic E-state index is 0.934. The van der Waals surface area contributed by atoms with Crippen molar-refractivity contribution in [2.45, 2.75) is 33.7 Å². The Morgan fingerprint density at radius 2 is 2.06 bits per heavy atom. The van der Waals surface area contributed by atoms with Crippen molar-refractivity contribution in [1.82, 2.24) is 14.7 Å². The number of hydrogen-bond donors (Lipinski definition) is 1. The van der Waals surface area contributed by atoms with Gasteiger partial charge in [0.2, 0.25) is 0 Å². The lowest BCUT2D eigenvalue weighted by Gasteiger charge is -2.16. The molecule has 1 aromatic rings. The molecule has 0 aromatic carbocycles. The van der Waals surface area contributed by atoms with Crippen LogP contribution < -0.4 is 5.32 Å². The lowest BCUT2D eigenvalue weighted by Crippen LogP contribution is -2.19. The van der Waals surface area contributed by atoms with Gasteiger partial charge in [0.1, 0.15) is 5.82 Å². The van der Waals surface area contributed by atoms with E-state index in [9.17, 15) is 0 Å². The lowest BCUT2D eigenvalue weighted by atomic mass is 10.2. The van der Waals surface area contributed by atoms with Crippen molar-refractivity contribution in [3.63, 3.8) is 0 Å². The first kappa shape index (κ1) is 13.0. The standard InChI is InChI=1S/C12H24N4/c1-6-8-15(4)9-11-10(3)14-16(5)12(11)13-7-2/h13H,6-9H2,1-5H3. The van der Waals surface area contributed by atoms with Crippen LogP contribution in [-0.4, -0.2) is 34.8 Å². The minimum Gasteiger partial charge on any atom is -0.370 e. The van der Waals surface area contributed by atoms with Crippen LogP contribution in [0.3, 0.4) is 0 Å². The van der Waals surface area contributed by atoms with Gasteiger partial charge in [0.15, 0.2) is 0 Å². The van der Waals surface area contributed by atoms with Crippen LogP contribution in [0.15, 0.2) is 0 Å². The fraction of sp³-hybridized carbons (Fsp3) is 0.750. The minimum absolute atomic E-state index is 0.934. The van der Waals surface area contributed by atoms with E-state index in [1.54, 1.807) is 0 Å². The van der Waals surface area contributed by atoms with Gasteiger partial charge < -0.3 is 10.2 Å². The predicted octanol–water partition coefficient (Wildman–Crippen LogP) is 2.00. The molecule has 1 rings (SSSR count). The van der Waals surface area contributed by atoms with Crippen LogP contribution in [-0.2, 0) is 13.6 Å². The first-order valence-electron chi connectivity index (χ1n) is 6.05. The number of anilines is 1. The number of hydrogen-bond acceptors (Lipinski definition) is 3. The third kappa shape index (κ3) is 2.98. The maximum absolute atomic E-state index is 4.47. The Balaban J connectivity index is 2.84. The van der Waals surface area contributed by atoms with Gasteiger partial charge >= 0.3 is 0 Å². The quantitative estimate of drug-likeness (QED) is 0.802. The highest BCUT2D eigenvalue weighted by Crippen LogP contribution is 2.20. The Hall–Kier alpha value is -1.03. The number of aryl methyl sites for hydroxylation is 2. The Morgan fingerprint density at radius 1 is 1.38 bits per heavy atom. The molecular formula is C12H24N4. The summed E-state index contributed by atoms with van der Waals surface area (Å²) in [6.45, 7) is 9.43. The molecule has 1 heterocycles. The summed E-state index contributed by atoms with van der Waals surface area (Å²) in [7, 11) is 4.15. The van der Waals surface area contributed by atoms with Gasteiger partial charge in [-0.2, -0.15) is 5.10 Å². The van der Waals surface area contributed by atoms with E-state index in [0.29, 0.717) is 0 Å². The third-order valence-electron chi connectivity index (χ3n) is 2.72. The summed E-state index contributed by atoms with van der Waals surface area (Å²) in [5, 5.41) is 7.86.